The van der Waals surface area contributed by atoms with E-state index < -0.39 is 25.0 Å². The number of nitrogens with zero attached hydrogens (tertiary/aromatic N) is 4. The van der Waals surface area contributed by atoms with Crippen LogP contribution in [0.3, 0.4) is 0 Å². The quantitative estimate of drug-likeness (QED) is 0.0388. The van der Waals surface area contributed by atoms with E-state index in [4.69, 9.17) is 38.7 Å². The van der Waals surface area contributed by atoms with Crippen LogP contribution in [-0.4, -0.2) is 62.5 Å². The second kappa shape index (κ2) is 26.7. The number of aromatic hydroxyl groups is 1. The zero-order chi connectivity index (χ0) is 47.8. The average molecular weight is 1310 g/mol. The predicted octanol–water partition coefficient (Wildman–Crippen LogP) is 6.46. The molecule has 5 aromatic rings. The summed E-state index contributed by atoms with van der Waals surface area (Å²) in [7, 11) is -5.75. The van der Waals surface area contributed by atoms with Crippen molar-refractivity contribution in [2.75, 3.05) is 5.32 Å². The van der Waals surface area contributed by atoms with Crippen molar-refractivity contribution >= 4 is 91.9 Å². The summed E-state index contributed by atoms with van der Waals surface area (Å²) >= 11 is 7.03. The van der Waals surface area contributed by atoms with Gasteiger partial charge >= 0.3 is 138 Å². The Hall–Kier alpha value is 0.345. The number of carbonyl (C=O) groups is 1. The van der Waals surface area contributed by atoms with Gasteiger partial charge in [-0.25, -0.2) is 14.6 Å². The summed E-state index contributed by atoms with van der Waals surface area (Å²) in [5.74, 6) is 2.32. The minimum absolute atomic E-state index is 0. The van der Waals surface area contributed by atoms with Crippen molar-refractivity contribution in [1.29, 1.82) is 5.41 Å². The fourth-order valence-electron chi connectivity index (χ4n) is 4.99. The molecule has 3 heterocycles. The van der Waals surface area contributed by atoms with Crippen LogP contribution in [0.5, 0.6) is 11.5 Å². The van der Waals surface area contributed by atoms with Crippen LogP contribution in [0.2, 0.25) is 54.4 Å². The van der Waals surface area contributed by atoms with Crippen LogP contribution in [0.1, 0.15) is 80.7 Å². The van der Waals surface area contributed by atoms with Crippen LogP contribution in [0, 0.1) is 5.41 Å². The Morgan fingerprint density at radius 1 is 0.785 bits per heavy atom. The molecule has 65 heavy (non-hydrogen) atoms. The molecular formula is C45H66Br2Cs2N6O7Si3. The Bertz CT molecular complexity index is 2360. The zero-order valence-corrected chi connectivity index (χ0v) is 60.1. The van der Waals surface area contributed by atoms with Gasteiger partial charge in [0.1, 0.15) is 17.3 Å². The van der Waals surface area contributed by atoms with Crippen LogP contribution in [-0.2, 0) is 31.7 Å². The van der Waals surface area contributed by atoms with Gasteiger partial charge in [0.15, 0.2) is 22.5 Å². The number of pyridine rings is 2. The Morgan fingerprint density at radius 2 is 1.28 bits per heavy atom. The largest absolute Gasteiger partial charge is 1.00 e. The number of phenols is 1. The van der Waals surface area contributed by atoms with Gasteiger partial charge in [0.05, 0.1) is 53.0 Å². The Morgan fingerprint density at radius 3 is 1.77 bits per heavy atom. The minimum atomic E-state index is -2.06. The van der Waals surface area contributed by atoms with Gasteiger partial charge in [-0.05, 0) is 103 Å². The molecule has 0 fully saturated rings. The number of carbonyl (C=O) groups excluding carboxylic acids is 1. The van der Waals surface area contributed by atoms with Crippen LogP contribution in [0.15, 0.2) is 75.8 Å². The second-order valence-electron chi connectivity index (χ2n) is 19.7. The zero-order valence-electron chi connectivity index (χ0n) is 42.4. The maximum atomic E-state index is 10.1. The second-order valence-corrected chi connectivity index (χ2v) is 35.9. The first-order valence-electron chi connectivity index (χ1n) is 20.6. The number of nitrogens with one attached hydrogen (secondary N) is 2. The van der Waals surface area contributed by atoms with E-state index in [1.54, 1.807) is 16.9 Å². The number of halogens is 2. The Labute approximate surface area is 525 Å². The molecule has 2 aromatic carbocycles. The first-order chi connectivity index (χ1) is 29.0. The number of fused-ring (bicyclic) bond motifs is 1. The van der Waals surface area contributed by atoms with Gasteiger partial charge in [0.2, 0.25) is 0 Å². The van der Waals surface area contributed by atoms with Gasteiger partial charge in [-0.15, -0.1) is 0 Å². The molecule has 0 unspecified atom stereocenters. The van der Waals surface area contributed by atoms with Gasteiger partial charge in [0, 0.05) is 15.2 Å². The number of benzene rings is 2. The van der Waals surface area contributed by atoms with Gasteiger partial charge in [0.25, 0.3) is 14.8 Å². The molecule has 0 aliphatic rings. The number of aromatic nitrogens is 4. The molecule has 3 aromatic heterocycles. The molecule has 0 saturated carbocycles. The topological polar surface area (TPSA) is 177 Å². The van der Waals surface area contributed by atoms with E-state index in [0.29, 0.717) is 41.5 Å². The average Bonchev–Trinajstić information content (AvgIpc) is 3.60. The van der Waals surface area contributed by atoms with Gasteiger partial charge in [-0.3, -0.25) is 4.79 Å². The first kappa shape index (κ1) is 63.4. The van der Waals surface area contributed by atoms with E-state index in [-0.39, 0.29) is 167 Å². The number of rotatable bonds is 13. The molecule has 5 rings (SSSR count). The van der Waals surface area contributed by atoms with E-state index >= 15 is 0 Å². The van der Waals surface area contributed by atoms with Gasteiger partial charge in [-0.1, -0.05) is 106 Å². The molecule has 0 aliphatic carbocycles. The van der Waals surface area contributed by atoms with Crippen molar-refractivity contribution in [2.45, 2.75) is 130 Å². The summed E-state index contributed by atoms with van der Waals surface area (Å²) in [4.78, 5) is 20.7. The maximum absolute atomic E-state index is 10.1. The van der Waals surface area contributed by atoms with Crippen molar-refractivity contribution in [1.82, 2.24) is 19.7 Å². The minimum Gasteiger partial charge on any atom is -1.00 e. The third-order valence-corrected chi connectivity index (χ3v) is 26.2. The molecule has 0 amide bonds. The smallest absolute Gasteiger partial charge is 1.00 e. The molecule has 0 saturated heterocycles. The van der Waals surface area contributed by atoms with Crippen LogP contribution in [0.4, 0.5) is 11.5 Å². The third-order valence-electron chi connectivity index (χ3n) is 11.9. The summed E-state index contributed by atoms with van der Waals surface area (Å²) in [6, 6.07) is 19.2. The summed E-state index contributed by atoms with van der Waals surface area (Å²) in [6.07, 6.45) is 3.00. The van der Waals surface area contributed by atoms with Crippen molar-refractivity contribution in [3.05, 3.63) is 92.8 Å². The molecule has 0 atom stereocenters. The van der Waals surface area contributed by atoms with E-state index in [1.807, 2.05) is 54.6 Å². The fourth-order valence-corrected chi connectivity index (χ4v) is 8.77. The molecular weight excluding hydrogens is 1250 g/mol. The van der Waals surface area contributed by atoms with Crippen molar-refractivity contribution in [3.63, 3.8) is 0 Å². The molecule has 0 radical (unpaired) electrons. The number of anilines is 2. The molecule has 346 valence electrons. The first-order valence-corrected chi connectivity index (χ1v) is 30.9. The predicted molar refractivity (Wildman–Crippen MR) is 268 cm³/mol. The fraction of sp³-hybridized carbons (Fsp3) is 0.444. The van der Waals surface area contributed by atoms with E-state index in [1.165, 1.54) is 6.21 Å². The SMILES string of the molecule is CC(C)(C)[Si](C)(C)OCc1cccc(-n2ncc3c(O)cc(Br)cc32)n1.CC(C)(C)[Si](C)(C)OCc1cccc(Nc2cc(Br)cc(O[Si](C)(C)C(C)(C)C)c2C=N)n1.O=CO[O-].[Cs+].[Cs+].[H-]. The van der Waals surface area contributed by atoms with E-state index in [0.717, 1.165) is 31.5 Å². The van der Waals surface area contributed by atoms with Gasteiger partial charge < -0.3 is 40.7 Å². The van der Waals surface area contributed by atoms with E-state index in [9.17, 15) is 5.11 Å². The monoisotopic (exact) mass is 1310 g/mol. The van der Waals surface area contributed by atoms with Gasteiger partial charge in [-0.2, -0.15) is 5.10 Å². The molecule has 3 N–H and O–H groups in total. The standard InChI is InChI=1S/C25H40BrN3O2Si2.C19H24BrN3O2Si.CH2O3.2Cs.H/c1-24(2,3)32(7,8)30-17-19-12-11-13-23(28-19)29-21-14-18(26)15-22(20(21)16-27)31-33(9,10)25(4,5)6;1-19(2,3)26(4,5)25-12-14-7-6-8-18(22-14)23-16-9-13(20)10-17(24)15(16)11-21-23;2-1-4-3;;;/h11-16,27H,17H2,1-10H3,(H,28,29);6-11,24H,12H2,1-5H3;1,3H;;;/q;;;2*+1;-1/p-1. The number of phenolic OH excluding ortho intramolecular Hbond substituents is 1. The van der Waals surface area contributed by atoms with Crippen LogP contribution >= 0.6 is 31.9 Å². The molecule has 20 heteroatoms. The summed E-state index contributed by atoms with van der Waals surface area (Å²) in [5.41, 5.74) is 4.05. The number of hydrogen-bond acceptors (Lipinski definition) is 12. The van der Waals surface area contributed by atoms with E-state index in [2.05, 4.69) is 149 Å². The van der Waals surface area contributed by atoms with Crippen molar-refractivity contribution in [2.24, 2.45) is 0 Å². The Balaban J connectivity index is 0.00000116. The Kier molecular flexibility index (Phi) is 26.0. The van der Waals surface area contributed by atoms with Crippen molar-refractivity contribution in [3.8, 4) is 17.3 Å². The molecule has 0 aliphatic heterocycles. The maximum Gasteiger partial charge on any atom is 1.00 e. The summed E-state index contributed by atoms with van der Waals surface area (Å²) in [6.45, 7) is 34.2. The number of hydrogen-bond donors (Lipinski definition) is 3. The summed E-state index contributed by atoms with van der Waals surface area (Å²) in [5, 5.41) is 35.5. The molecule has 0 spiro atoms. The van der Waals surface area contributed by atoms with Crippen LogP contribution in [0.25, 0.3) is 16.7 Å². The van der Waals surface area contributed by atoms with Crippen LogP contribution < -0.4 is 153 Å². The normalized spacial score (nSPS) is 12.0. The van der Waals surface area contributed by atoms with Crippen molar-refractivity contribution < 1.29 is 173 Å². The summed E-state index contributed by atoms with van der Waals surface area (Å²) < 4.78 is 22.6. The third kappa shape index (κ3) is 18.5. The molecule has 0 bridgehead atoms. The molecule has 13 nitrogen and oxygen atoms in total.